The number of imidazole rings is 1. The number of fused-ring (bicyclic) bond motifs is 1. The fourth-order valence-electron chi connectivity index (χ4n) is 2.58. The van der Waals surface area contributed by atoms with E-state index in [0.717, 1.165) is 5.56 Å². The van der Waals surface area contributed by atoms with Crippen LogP contribution in [0.15, 0.2) is 59.3 Å². The highest BCUT2D eigenvalue weighted by Gasteiger charge is 2.19. The summed E-state index contributed by atoms with van der Waals surface area (Å²) in [5, 5.41) is 9.22. The predicted octanol–water partition coefficient (Wildman–Crippen LogP) is 4.93. The quantitative estimate of drug-likeness (QED) is 0.521. The Labute approximate surface area is 141 Å². The molecule has 4 aromatic rings. The predicted molar refractivity (Wildman–Crippen MR) is 88.0 cm³/mol. The van der Waals surface area contributed by atoms with E-state index in [1.807, 2.05) is 0 Å². The second-order valence-corrected chi connectivity index (χ2v) is 5.61. The molecule has 2 heterocycles. The standard InChI is InChI=1S/C18H9ClFN3O/c19-13-5-6-14(15(20)9-13)16-18-23(7-8-24-18)17(22-16)12-3-1-11(10-21)2-4-12/h1-9H. The van der Waals surface area contributed by atoms with Gasteiger partial charge in [-0.25, -0.2) is 9.37 Å². The van der Waals surface area contributed by atoms with Crippen LogP contribution in [0.1, 0.15) is 5.56 Å². The fraction of sp³-hybridized carbons (Fsp3) is 0. The topological polar surface area (TPSA) is 54.2 Å². The van der Waals surface area contributed by atoms with E-state index in [1.165, 1.54) is 12.3 Å². The van der Waals surface area contributed by atoms with E-state index >= 15 is 0 Å². The first-order valence-corrected chi connectivity index (χ1v) is 7.46. The molecule has 0 saturated carbocycles. The third-order valence-electron chi connectivity index (χ3n) is 3.72. The van der Waals surface area contributed by atoms with Gasteiger partial charge in [0.15, 0.2) is 0 Å². The molecule has 0 unspecified atom stereocenters. The normalized spacial score (nSPS) is 10.9. The van der Waals surface area contributed by atoms with Gasteiger partial charge < -0.3 is 4.42 Å². The van der Waals surface area contributed by atoms with Crippen molar-refractivity contribution < 1.29 is 8.81 Å². The zero-order valence-corrected chi connectivity index (χ0v) is 13.0. The molecule has 4 rings (SSSR count). The van der Waals surface area contributed by atoms with E-state index in [1.54, 1.807) is 47.0 Å². The van der Waals surface area contributed by atoms with Crippen LogP contribution in [0.5, 0.6) is 0 Å². The number of nitriles is 1. The number of rotatable bonds is 2. The molecule has 0 atom stereocenters. The van der Waals surface area contributed by atoms with Crippen molar-refractivity contribution >= 4 is 17.3 Å². The van der Waals surface area contributed by atoms with E-state index in [0.29, 0.717) is 33.4 Å². The van der Waals surface area contributed by atoms with Gasteiger partial charge in [-0.3, -0.25) is 4.40 Å². The maximum absolute atomic E-state index is 14.3. The fourth-order valence-corrected chi connectivity index (χ4v) is 2.74. The van der Waals surface area contributed by atoms with Gasteiger partial charge in [-0.2, -0.15) is 5.26 Å². The first kappa shape index (κ1) is 14.5. The lowest BCUT2D eigenvalue weighted by Crippen LogP contribution is -1.87. The molecule has 2 aromatic heterocycles. The van der Waals surface area contributed by atoms with Crippen LogP contribution in [0.25, 0.3) is 28.4 Å². The Morgan fingerprint density at radius 1 is 1.17 bits per heavy atom. The average molecular weight is 338 g/mol. The summed E-state index contributed by atoms with van der Waals surface area (Å²) in [6.07, 6.45) is 3.23. The van der Waals surface area contributed by atoms with Crippen molar-refractivity contribution in [3.8, 4) is 28.7 Å². The summed E-state index contributed by atoms with van der Waals surface area (Å²) < 4.78 is 21.5. The van der Waals surface area contributed by atoms with Crippen molar-refractivity contribution in [3.05, 3.63) is 71.3 Å². The van der Waals surface area contributed by atoms with Gasteiger partial charge in [0.05, 0.1) is 11.6 Å². The Morgan fingerprint density at radius 3 is 2.67 bits per heavy atom. The minimum absolute atomic E-state index is 0.312. The van der Waals surface area contributed by atoms with E-state index in [2.05, 4.69) is 11.1 Å². The molecular weight excluding hydrogens is 329 g/mol. The number of oxazole rings is 1. The van der Waals surface area contributed by atoms with Crippen LogP contribution in [-0.4, -0.2) is 9.38 Å². The number of hydrogen-bond donors (Lipinski definition) is 0. The maximum atomic E-state index is 14.3. The Balaban J connectivity index is 1.93. The average Bonchev–Trinajstić information content (AvgIpc) is 3.18. The molecule has 24 heavy (non-hydrogen) atoms. The van der Waals surface area contributed by atoms with Crippen molar-refractivity contribution in [2.24, 2.45) is 0 Å². The molecule has 0 N–H and O–H groups in total. The molecular formula is C18H9ClFN3O. The smallest absolute Gasteiger partial charge is 0.231 e. The summed E-state index contributed by atoms with van der Waals surface area (Å²) in [6.45, 7) is 0. The van der Waals surface area contributed by atoms with Crippen LogP contribution in [0.3, 0.4) is 0 Å². The zero-order chi connectivity index (χ0) is 16.7. The molecule has 0 spiro atoms. The van der Waals surface area contributed by atoms with Gasteiger partial charge in [0.1, 0.15) is 23.6 Å². The minimum Gasteiger partial charge on any atom is -0.444 e. The largest absolute Gasteiger partial charge is 0.444 e. The lowest BCUT2D eigenvalue weighted by atomic mass is 10.1. The molecule has 0 bridgehead atoms. The first-order valence-electron chi connectivity index (χ1n) is 7.09. The van der Waals surface area contributed by atoms with Crippen LogP contribution in [-0.2, 0) is 0 Å². The number of hydrogen-bond acceptors (Lipinski definition) is 3. The Hall–Kier alpha value is -3.10. The summed E-state index contributed by atoms with van der Waals surface area (Å²) in [4.78, 5) is 4.54. The first-order chi connectivity index (χ1) is 11.7. The van der Waals surface area contributed by atoms with Gasteiger partial charge in [0.25, 0.3) is 0 Å². The Bertz CT molecular complexity index is 1090. The van der Waals surface area contributed by atoms with Gasteiger partial charge in [-0.15, -0.1) is 0 Å². The Morgan fingerprint density at radius 2 is 1.96 bits per heavy atom. The number of benzene rings is 2. The van der Waals surface area contributed by atoms with Gasteiger partial charge in [0, 0.05) is 22.3 Å². The highest BCUT2D eigenvalue weighted by Crippen LogP contribution is 2.32. The number of halogens is 2. The molecule has 4 nitrogen and oxygen atoms in total. The summed E-state index contributed by atoms with van der Waals surface area (Å²) in [5.41, 5.74) is 2.50. The van der Waals surface area contributed by atoms with E-state index in [9.17, 15) is 4.39 Å². The molecule has 0 fully saturated rings. The molecule has 0 aliphatic rings. The highest BCUT2D eigenvalue weighted by atomic mass is 35.5. The van der Waals surface area contributed by atoms with E-state index in [-0.39, 0.29) is 0 Å². The van der Waals surface area contributed by atoms with Crippen molar-refractivity contribution in [2.45, 2.75) is 0 Å². The van der Waals surface area contributed by atoms with Crippen LogP contribution in [0.2, 0.25) is 5.02 Å². The molecule has 0 aliphatic carbocycles. The molecule has 0 aliphatic heterocycles. The Kier molecular flexibility index (Phi) is 3.33. The second-order valence-electron chi connectivity index (χ2n) is 5.18. The number of nitrogens with zero attached hydrogens (tertiary/aromatic N) is 3. The van der Waals surface area contributed by atoms with Crippen molar-refractivity contribution in [3.63, 3.8) is 0 Å². The van der Waals surface area contributed by atoms with Gasteiger partial charge in [-0.1, -0.05) is 11.6 Å². The monoisotopic (exact) mass is 337 g/mol. The van der Waals surface area contributed by atoms with Gasteiger partial charge in [0.2, 0.25) is 5.71 Å². The van der Waals surface area contributed by atoms with E-state index in [4.69, 9.17) is 21.3 Å². The highest BCUT2D eigenvalue weighted by molar-refractivity contribution is 6.30. The maximum Gasteiger partial charge on any atom is 0.231 e. The third-order valence-corrected chi connectivity index (χ3v) is 3.95. The lowest BCUT2D eigenvalue weighted by molar-refractivity contribution is 0.606. The summed E-state index contributed by atoms with van der Waals surface area (Å²) in [5.74, 6) is 0.137. The van der Waals surface area contributed by atoms with Gasteiger partial charge in [-0.05, 0) is 42.5 Å². The second kappa shape index (κ2) is 5.52. The molecule has 0 amide bonds. The van der Waals surface area contributed by atoms with Crippen molar-refractivity contribution in [1.29, 1.82) is 5.26 Å². The lowest BCUT2D eigenvalue weighted by Gasteiger charge is -2.00. The van der Waals surface area contributed by atoms with Crippen LogP contribution >= 0.6 is 11.6 Å². The van der Waals surface area contributed by atoms with E-state index < -0.39 is 5.82 Å². The summed E-state index contributed by atoms with van der Waals surface area (Å²) >= 11 is 5.82. The number of aromatic nitrogens is 2. The van der Waals surface area contributed by atoms with Crippen LogP contribution in [0.4, 0.5) is 4.39 Å². The summed E-state index contributed by atoms with van der Waals surface area (Å²) in [6, 6.07) is 13.5. The van der Waals surface area contributed by atoms with Crippen LogP contribution < -0.4 is 0 Å². The molecule has 6 heteroatoms. The van der Waals surface area contributed by atoms with Gasteiger partial charge >= 0.3 is 0 Å². The third kappa shape index (κ3) is 2.25. The van der Waals surface area contributed by atoms with Crippen molar-refractivity contribution in [1.82, 2.24) is 9.38 Å². The molecule has 116 valence electrons. The zero-order valence-electron chi connectivity index (χ0n) is 12.2. The summed E-state index contributed by atoms with van der Waals surface area (Å²) in [7, 11) is 0. The molecule has 0 radical (unpaired) electrons. The molecule has 0 saturated heterocycles. The SMILES string of the molecule is N#Cc1ccc(-c2nc(-c3ccc(Cl)cc3F)c3occn23)cc1. The van der Waals surface area contributed by atoms with Crippen molar-refractivity contribution in [2.75, 3.05) is 0 Å². The van der Waals surface area contributed by atoms with Crippen LogP contribution in [0, 0.1) is 17.1 Å². The molecule has 2 aromatic carbocycles. The minimum atomic E-state index is -0.467.